The maximum Gasteiger partial charge on any atom is 0.251 e. The molecule has 1 amide bonds. The van der Waals surface area contributed by atoms with Crippen molar-refractivity contribution in [3.8, 4) is 11.5 Å². The number of carbonyl (C=O) groups is 1. The second-order valence-corrected chi connectivity index (χ2v) is 7.51. The van der Waals surface area contributed by atoms with Crippen LogP contribution < -0.4 is 19.7 Å². The second-order valence-electron chi connectivity index (χ2n) is 7.51. The molecule has 1 fully saturated rings. The van der Waals surface area contributed by atoms with Crippen LogP contribution in [0.15, 0.2) is 30.5 Å². The minimum absolute atomic E-state index is 0.000588. The SMILES string of the molecule is COc1cc2c(cc1OC)CN(c1cc(C(=O)NC3CCCC3)ccn1)CC2. The molecule has 0 spiro atoms. The van der Waals surface area contributed by atoms with Crippen molar-refractivity contribution in [3.05, 3.63) is 47.2 Å². The summed E-state index contributed by atoms with van der Waals surface area (Å²) in [5, 5.41) is 3.15. The molecular weight excluding hydrogens is 354 g/mol. The molecule has 6 heteroatoms. The molecule has 0 atom stereocenters. The number of carbonyl (C=O) groups excluding carboxylic acids is 1. The third kappa shape index (κ3) is 3.77. The summed E-state index contributed by atoms with van der Waals surface area (Å²) in [5.74, 6) is 2.33. The molecule has 2 aliphatic rings. The van der Waals surface area contributed by atoms with Crippen molar-refractivity contribution < 1.29 is 14.3 Å². The van der Waals surface area contributed by atoms with Gasteiger partial charge >= 0.3 is 0 Å². The number of methoxy groups -OCH3 is 2. The number of pyridine rings is 1. The average Bonchev–Trinajstić information content (AvgIpc) is 3.25. The molecule has 2 heterocycles. The number of anilines is 1. The third-order valence-corrected chi connectivity index (χ3v) is 5.74. The molecule has 0 unspecified atom stereocenters. The smallest absolute Gasteiger partial charge is 0.251 e. The number of hydrogen-bond donors (Lipinski definition) is 1. The lowest BCUT2D eigenvalue weighted by Gasteiger charge is -2.30. The van der Waals surface area contributed by atoms with E-state index in [9.17, 15) is 4.79 Å². The number of fused-ring (bicyclic) bond motifs is 1. The molecule has 1 aromatic carbocycles. The van der Waals surface area contributed by atoms with Crippen LogP contribution in [0.5, 0.6) is 11.5 Å². The summed E-state index contributed by atoms with van der Waals surface area (Å²) in [4.78, 5) is 19.3. The van der Waals surface area contributed by atoms with Gasteiger partial charge in [-0.25, -0.2) is 4.98 Å². The van der Waals surface area contributed by atoms with Crippen LogP contribution in [0.4, 0.5) is 5.82 Å². The van der Waals surface area contributed by atoms with E-state index in [-0.39, 0.29) is 5.91 Å². The van der Waals surface area contributed by atoms with Crippen molar-refractivity contribution in [2.45, 2.75) is 44.7 Å². The highest BCUT2D eigenvalue weighted by atomic mass is 16.5. The summed E-state index contributed by atoms with van der Waals surface area (Å²) in [6.07, 6.45) is 7.19. The number of nitrogens with one attached hydrogen (secondary N) is 1. The van der Waals surface area contributed by atoms with E-state index in [0.29, 0.717) is 11.6 Å². The van der Waals surface area contributed by atoms with Gasteiger partial charge in [0.1, 0.15) is 5.82 Å². The monoisotopic (exact) mass is 381 g/mol. The largest absolute Gasteiger partial charge is 0.493 e. The lowest BCUT2D eigenvalue weighted by molar-refractivity contribution is 0.0938. The fourth-order valence-corrected chi connectivity index (χ4v) is 4.15. The van der Waals surface area contributed by atoms with Crippen molar-refractivity contribution in [3.63, 3.8) is 0 Å². The Labute approximate surface area is 165 Å². The Morgan fingerprint density at radius 1 is 1.11 bits per heavy atom. The normalized spacial score (nSPS) is 16.6. The molecule has 0 radical (unpaired) electrons. The Morgan fingerprint density at radius 3 is 2.54 bits per heavy atom. The van der Waals surface area contributed by atoms with Gasteiger partial charge in [-0.2, -0.15) is 0 Å². The Hall–Kier alpha value is -2.76. The highest BCUT2D eigenvalue weighted by Crippen LogP contribution is 2.34. The molecule has 1 aliphatic carbocycles. The summed E-state index contributed by atoms with van der Waals surface area (Å²) in [6, 6.07) is 8.10. The molecule has 1 N–H and O–H groups in total. The number of rotatable bonds is 5. The molecule has 1 aliphatic heterocycles. The first kappa shape index (κ1) is 18.6. The van der Waals surface area contributed by atoms with E-state index in [0.717, 1.165) is 49.7 Å². The topological polar surface area (TPSA) is 63.7 Å². The van der Waals surface area contributed by atoms with Gasteiger partial charge in [0.25, 0.3) is 5.91 Å². The maximum absolute atomic E-state index is 12.6. The van der Waals surface area contributed by atoms with E-state index >= 15 is 0 Å². The number of amides is 1. The predicted octanol–water partition coefficient (Wildman–Crippen LogP) is 3.33. The summed E-state index contributed by atoms with van der Waals surface area (Å²) in [5.41, 5.74) is 3.14. The molecule has 4 rings (SSSR count). The molecule has 6 nitrogen and oxygen atoms in total. The highest BCUT2D eigenvalue weighted by Gasteiger charge is 2.22. The van der Waals surface area contributed by atoms with Crippen LogP contribution in [-0.2, 0) is 13.0 Å². The van der Waals surface area contributed by atoms with Crippen LogP contribution >= 0.6 is 0 Å². The van der Waals surface area contributed by atoms with E-state index in [2.05, 4.69) is 21.3 Å². The number of hydrogen-bond acceptors (Lipinski definition) is 5. The molecule has 148 valence electrons. The van der Waals surface area contributed by atoms with Crippen LogP contribution in [-0.4, -0.2) is 37.7 Å². The number of ether oxygens (including phenoxy) is 2. The molecule has 0 bridgehead atoms. The number of benzene rings is 1. The molecule has 0 saturated heterocycles. The van der Waals surface area contributed by atoms with Crippen molar-refractivity contribution in [1.82, 2.24) is 10.3 Å². The fraction of sp³-hybridized carbons (Fsp3) is 0.455. The minimum atomic E-state index is -0.000588. The second kappa shape index (κ2) is 8.09. The number of aromatic nitrogens is 1. The van der Waals surface area contributed by atoms with Gasteiger partial charge in [0.2, 0.25) is 0 Å². The fourth-order valence-electron chi connectivity index (χ4n) is 4.15. The highest BCUT2D eigenvalue weighted by molar-refractivity contribution is 5.95. The van der Waals surface area contributed by atoms with E-state index in [1.165, 1.54) is 24.0 Å². The molecular formula is C22H27N3O3. The Kier molecular flexibility index (Phi) is 5.37. The molecule has 28 heavy (non-hydrogen) atoms. The zero-order valence-electron chi connectivity index (χ0n) is 16.5. The Balaban J connectivity index is 1.51. The first-order chi connectivity index (χ1) is 13.7. The van der Waals surface area contributed by atoms with Crippen LogP contribution in [0.3, 0.4) is 0 Å². The van der Waals surface area contributed by atoms with Crippen molar-refractivity contribution in [2.75, 3.05) is 25.7 Å². The number of nitrogens with zero attached hydrogens (tertiary/aromatic N) is 2. The van der Waals surface area contributed by atoms with Crippen LogP contribution in [0.25, 0.3) is 0 Å². The van der Waals surface area contributed by atoms with Gasteiger partial charge in [-0.05, 0) is 54.7 Å². The Bertz CT molecular complexity index is 862. The summed E-state index contributed by atoms with van der Waals surface area (Å²) >= 11 is 0. The third-order valence-electron chi connectivity index (χ3n) is 5.74. The van der Waals surface area contributed by atoms with E-state index in [4.69, 9.17) is 9.47 Å². The van der Waals surface area contributed by atoms with E-state index in [1.54, 1.807) is 26.5 Å². The van der Waals surface area contributed by atoms with Gasteiger partial charge < -0.3 is 19.7 Å². The van der Waals surface area contributed by atoms with E-state index in [1.807, 2.05) is 12.1 Å². The standard InChI is InChI=1S/C22H27N3O3/c1-27-19-11-15-8-10-25(14-17(15)12-20(19)28-2)21-13-16(7-9-23-21)22(26)24-18-5-3-4-6-18/h7,9,11-13,18H,3-6,8,10,14H2,1-2H3,(H,24,26). The van der Waals surface area contributed by atoms with E-state index < -0.39 is 0 Å². The van der Waals surface area contributed by atoms with Gasteiger partial charge in [0.05, 0.1) is 14.2 Å². The summed E-state index contributed by atoms with van der Waals surface area (Å²) in [7, 11) is 3.31. The predicted molar refractivity (Wildman–Crippen MR) is 108 cm³/mol. The summed E-state index contributed by atoms with van der Waals surface area (Å²) < 4.78 is 10.9. The quantitative estimate of drug-likeness (QED) is 0.861. The molecule has 2 aromatic rings. The lowest BCUT2D eigenvalue weighted by Crippen LogP contribution is -2.33. The van der Waals surface area contributed by atoms with Crippen LogP contribution in [0, 0.1) is 0 Å². The zero-order valence-corrected chi connectivity index (χ0v) is 16.5. The van der Waals surface area contributed by atoms with Crippen LogP contribution in [0.2, 0.25) is 0 Å². The zero-order chi connectivity index (χ0) is 19.5. The maximum atomic E-state index is 12.6. The molecule has 1 saturated carbocycles. The van der Waals surface area contributed by atoms with Crippen LogP contribution in [0.1, 0.15) is 47.2 Å². The first-order valence-electron chi connectivity index (χ1n) is 9.93. The Morgan fingerprint density at radius 2 is 1.82 bits per heavy atom. The van der Waals surface area contributed by atoms with Gasteiger partial charge in [-0.1, -0.05) is 12.8 Å². The van der Waals surface area contributed by atoms with Crippen molar-refractivity contribution >= 4 is 11.7 Å². The van der Waals surface area contributed by atoms with Crippen molar-refractivity contribution in [1.29, 1.82) is 0 Å². The van der Waals surface area contributed by atoms with Gasteiger partial charge in [-0.15, -0.1) is 0 Å². The average molecular weight is 381 g/mol. The van der Waals surface area contributed by atoms with Gasteiger partial charge in [0.15, 0.2) is 11.5 Å². The first-order valence-corrected chi connectivity index (χ1v) is 9.93. The van der Waals surface area contributed by atoms with Crippen molar-refractivity contribution in [2.24, 2.45) is 0 Å². The summed E-state index contributed by atoms with van der Waals surface area (Å²) in [6.45, 7) is 1.58. The van der Waals surface area contributed by atoms with Gasteiger partial charge in [-0.3, -0.25) is 4.79 Å². The lowest BCUT2D eigenvalue weighted by atomic mass is 9.98. The van der Waals surface area contributed by atoms with Gasteiger partial charge in [0, 0.05) is 30.9 Å². The minimum Gasteiger partial charge on any atom is -0.493 e. The molecule has 1 aromatic heterocycles.